The van der Waals surface area contributed by atoms with Crippen molar-refractivity contribution < 1.29 is 18.3 Å². The van der Waals surface area contributed by atoms with Crippen molar-refractivity contribution in [2.45, 2.75) is 12.8 Å². The zero-order chi connectivity index (χ0) is 15.8. The molecule has 0 fully saturated rings. The van der Waals surface area contributed by atoms with Crippen LogP contribution in [0.25, 0.3) is 0 Å². The third-order valence-corrected chi connectivity index (χ3v) is 3.05. The maximum Gasteiger partial charge on any atom is 0.251 e. The highest BCUT2D eigenvalue weighted by atomic mass is 19.1. The van der Waals surface area contributed by atoms with Gasteiger partial charge in [0.15, 0.2) is 0 Å². The molecule has 22 heavy (non-hydrogen) atoms. The first-order valence-electron chi connectivity index (χ1n) is 7.07. The fraction of sp³-hybridized carbons (Fsp3) is 0.235. The number of nitrogens with one attached hydrogen (secondary N) is 1. The number of halogens is 2. The Hall–Kier alpha value is -2.43. The molecule has 0 spiro atoms. The van der Waals surface area contributed by atoms with Crippen LogP contribution in [0.5, 0.6) is 5.75 Å². The summed E-state index contributed by atoms with van der Waals surface area (Å²) in [4.78, 5) is 11.7. The van der Waals surface area contributed by atoms with Crippen molar-refractivity contribution in [1.29, 1.82) is 0 Å². The molecule has 0 saturated carbocycles. The van der Waals surface area contributed by atoms with E-state index >= 15 is 0 Å². The molecule has 0 saturated heterocycles. The summed E-state index contributed by atoms with van der Waals surface area (Å²) in [7, 11) is 0. The van der Waals surface area contributed by atoms with E-state index in [9.17, 15) is 13.6 Å². The number of benzene rings is 2. The molecular weight excluding hydrogens is 288 g/mol. The predicted molar refractivity (Wildman–Crippen MR) is 79.9 cm³/mol. The van der Waals surface area contributed by atoms with E-state index in [1.165, 1.54) is 36.4 Å². The second kappa shape index (κ2) is 8.12. The Kier molecular flexibility index (Phi) is 5.89. The van der Waals surface area contributed by atoms with E-state index in [4.69, 9.17) is 4.74 Å². The Morgan fingerprint density at radius 3 is 2.14 bits per heavy atom. The van der Waals surface area contributed by atoms with Crippen molar-refractivity contribution in [3.8, 4) is 5.75 Å². The molecule has 0 heterocycles. The lowest BCUT2D eigenvalue weighted by Gasteiger charge is -2.07. The Morgan fingerprint density at radius 1 is 0.909 bits per heavy atom. The number of carbonyl (C=O) groups excluding carboxylic acids is 1. The van der Waals surface area contributed by atoms with Crippen LogP contribution in [-0.4, -0.2) is 19.1 Å². The van der Waals surface area contributed by atoms with Gasteiger partial charge in [-0.3, -0.25) is 4.79 Å². The van der Waals surface area contributed by atoms with Gasteiger partial charge in [0.2, 0.25) is 0 Å². The standard InChI is InChI=1S/C17H17F2NO2/c18-14-5-3-13(4-6-14)17(21)20-11-1-2-12-22-16-9-7-15(19)8-10-16/h3-10H,1-2,11-12H2,(H,20,21). The minimum Gasteiger partial charge on any atom is -0.494 e. The molecule has 1 amide bonds. The van der Waals surface area contributed by atoms with Crippen LogP contribution in [0.1, 0.15) is 23.2 Å². The van der Waals surface area contributed by atoms with Crippen LogP contribution in [0, 0.1) is 11.6 Å². The molecule has 0 aliphatic rings. The van der Waals surface area contributed by atoms with Gasteiger partial charge >= 0.3 is 0 Å². The van der Waals surface area contributed by atoms with E-state index < -0.39 is 0 Å². The first kappa shape index (κ1) is 15.9. The van der Waals surface area contributed by atoms with Gasteiger partial charge in [0.25, 0.3) is 5.91 Å². The Bertz CT molecular complexity index is 597. The van der Waals surface area contributed by atoms with Gasteiger partial charge in [0, 0.05) is 12.1 Å². The fourth-order valence-corrected chi connectivity index (χ4v) is 1.85. The topological polar surface area (TPSA) is 38.3 Å². The number of ether oxygens (including phenoxy) is 1. The van der Waals surface area contributed by atoms with E-state index in [0.717, 1.165) is 12.8 Å². The lowest BCUT2D eigenvalue weighted by atomic mass is 10.2. The van der Waals surface area contributed by atoms with Crippen molar-refractivity contribution in [2.24, 2.45) is 0 Å². The summed E-state index contributed by atoms with van der Waals surface area (Å²) in [5.74, 6) is -0.262. The normalized spacial score (nSPS) is 10.3. The minimum atomic E-state index is -0.366. The van der Waals surface area contributed by atoms with Crippen molar-refractivity contribution in [2.75, 3.05) is 13.2 Å². The molecule has 116 valence electrons. The second-order valence-electron chi connectivity index (χ2n) is 4.77. The highest BCUT2D eigenvalue weighted by Gasteiger charge is 2.04. The van der Waals surface area contributed by atoms with Crippen LogP contribution >= 0.6 is 0 Å². The molecule has 0 radical (unpaired) electrons. The monoisotopic (exact) mass is 305 g/mol. The molecule has 0 atom stereocenters. The zero-order valence-electron chi connectivity index (χ0n) is 12.0. The molecule has 1 N–H and O–H groups in total. The van der Waals surface area contributed by atoms with E-state index in [0.29, 0.717) is 24.5 Å². The third-order valence-electron chi connectivity index (χ3n) is 3.05. The van der Waals surface area contributed by atoms with Crippen molar-refractivity contribution in [3.63, 3.8) is 0 Å². The second-order valence-corrected chi connectivity index (χ2v) is 4.77. The Balaban J connectivity index is 1.60. The van der Waals surface area contributed by atoms with Gasteiger partial charge in [-0.05, 0) is 61.4 Å². The highest BCUT2D eigenvalue weighted by molar-refractivity contribution is 5.94. The SMILES string of the molecule is O=C(NCCCCOc1ccc(F)cc1)c1ccc(F)cc1. The predicted octanol–water partition coefficient (Wildman–Crippen LogP) is 3.55. The average Bonchev–Trinajstić information content (AvgIpc) is 2.53. The van der Waals surface area contributed by atoms with Gasteiger partial charge in [-0.25, -0.2) is 8.78 Å². The summed E-state index contributed by atoms with van der Waals surface area (Å²) < 4.78 is 30.9. The molecule has 0 aliphatic carbocycles. The largest absolute Gasteiger partial charge is 0.494 e. The third kappa shape index (κ3) is 5.16. The van der Waals surface area contributed by atoms with Gasteiger partial charge in [-0.2, -0.15) is 0 Å². The number of carbonyl (C=O) groups is 1. The molecule has 0 bridgehead atoms. The van der Waals surface area contributed by atoms with Crippen molar-refractivity contribution >= 4 is 5.91 Å². The first-order valence-corrected chi connectivity index (χ1v) is 7.07. The Labute approximate surface area is 127 Å². The summed E-state index contributed by atoms with van der Waals surface area (Å²) >= 11 is 0. The molecule has 0 aromatic heterocycles. The van der Waals surface area contributed by atoms with Gasteiger partial charge in [0.05, 0.1) is 6.61 Å². The summed E-state index contributed by atoms with van der Waals surface area (Å²) in [6.07, 6.45) is 1.52. The van der Waals surface area contributed by atoms with E-state index in [1.807, 2.05) is 0 Å². The summed E-state index contributed by atoms with van der Waals surface area (Å²) in [6, 6.07) is 11.2. The fourth-order valence-electron chi connectivity index (χ4n) is 1.85. The van der Waals surface area contributed by atoms with Gasteiger partial charge in [0.1, 0.15) is 17.4 Å². The van der Waals surface area contributed by atoms with E-state index in [-0.39, 0.29) is 17.5 Å². The molecule has 3 nitrogen and oxygen atoms in total. The summed E-state index contributed by atoms with van der Waals surface area (Å²) in [5, 5.41) is 2.76. The van der Waals surface area contributed by atoms with Crippen LogP contribution in [0.3, 0.4) is 0 Å². The molecule has 2 aromatic rings. The molecule has 2 rings (SSSR count). The van der Waals surface area contributed by atoms with Crippen LogP contribution in [-0.2, 0) is 0 Å². The molecule has 0 unspecified atom stereocenters. The maximum atomic E-state index is 12.7. The van der Waals surface area contributed by atoms with Gasteiger partial charge < -0.3 is 10.1 Å². The van der Waals surface area contributed by atoms with E-state index in [1.54, 1.807) is 12.1 Å². The van der Waals surface area contributed by atoms with Crippen LogP contribution < -0.4 is 10.1 Å². The number of hydrogen-bond acceptors (Lipinski definition) is 2. The molecule has 0 aliphatic heterocycles. The highest BCUT2D eigenvalue weighted by Crippen LogP contribution is 2.11. The first-order chi connectivity index (χ1) is 10.6. The minimum absolute atomic E-state index is 0.223. The molecule has 2 aromatic carbocycles. The zero-order valence-corrected chi connectivity index (χ0v) is 12.0. The number of unbranched alkanes of at least 4 members (excludes halogenated alkanes) is 1. The average molecular weight is 305 g/mol. The van der Waals surface area contributed by atoms with Crippen molar-refractivity contribution in [1.82, 2.24) is 5.32 Å². The smallest absolute Gasteiger partial charge is 0.251 e. The van der Waals surface area contributed by atoms with E-state index in [2.05, 4.69) is 5.32 Å². The quantitative estimate of drug-likeness (QED) is 0.794. The van der Waals surface area contributed by atoms with Crippen molar-refractivity contribution in [3.05, 3.63) is 65.7 Å². The number of hydrogen-bond donors (Lipinski definition) is 1. The maximum absolute atomic E-state index is 12.7. The Morgan fingerprint density at radius 2 is 1.50 bits per heavy atom. The number of rotatable bonds is 7. The molecular formula is C17H17F2NO2. The number of amides is 1. The lowest BCUT2D eigenvalue weighted by molar-refractivity contribution is 0.0952. The van der Waals surface area contributed by atoms with Gasteiger partial charge in [-0.15, -0.1) is 0 Å². The lowest BCUT2D eigenvalue weighted by Crippen LogP contribution is -2.24. The van der Waals surface area contributed by atoms with Crippen LogP contribution in [0.2, 0.25) is 0 Å². The van der Waals surface area contributed by atoms with Gasteiger partial charge in [-0.1, -0.05) is 0 Å². The summed E-state index contributed by atoms with van der Waals surface area (Å²) in [6.45, 7) is 1.01. The summed E-state index contributed by atoms with van der Waals surface area (Å²) in [5.41, 5.74) is 0.434. The molecule has 5 heteroatoms. The van der Waals surface area contributed by atoms with Crippen LogP contribution in [0.15, 0.2) is 48.5 Å². The van der Waals surface area contributed by atoms with Crippen LogP contribution in [0.4, 0.5) is 8.78 Å².